The van der Waals surface area contributed by atoms with Crippen LogP contribution in [0.15, 0.2) is 0 Å². The number of likely N-dealkylation sites (tertiary alicyclic amines) is 1. The quantitative estimate of drug-likeness (QED) is 0.316. The molecular formula is C25H48Cl2N4O4S. The average Bonchev–Trinajstić information content (AvgIpc) is 3.31. The SMILES string of the molecule is CCC[C@H]1C(=O)N(S(C)(=O)=O)[C@H]2CCN(C(=O)CCCCCCCCCN3CCN(C)CC3)[C@H]12.Cl.Cl. The summed E-state index contributed by atoms with van der Waals surface area (Å²) < 4.78 is 25.6. The number of nitrogens with zero attached hydrogens (tertiary/aromatic N) is 4. The predicted octanol–water partition coefficient (Wildman–Crippen LogP) is 3.39. The number of hydrogen-bond donors (Lipinski definition) is 0. The Kier molecular flexibility index (Phi) is 14.6. The minimum atomic E-state index is -3.61. The van der Waals surface area contributed by atoms with E-state index in [0.29, 0.717) is 25.8 Å². The highest BCUT2D eigenvalue weighted by Gasteiger charge is 2.56. The number of likely N-dealkylation sites (N-methyl/N-ethyl adjacent to an activating group) is 1. The molecular weight excluding hydrogens is 523 g/mol. The summed E-state index contributed by atoms with van der Waals surface area (Å²) in [5, 5.41) is 0. The molecule has 3 atom stereocenters. The van der Waals surface area contributed by atoms with Crippen LogP contribution in [-0.2, 0) is 19.6 Å². The van der Waals surface area contributed by atoms with Gasteiger partial charge in [0.25, 0.3) is 0 Å². The van der Waals surface area contributed by atoms with Gasteiger partial charge in [-0.05, 0) is 39.3 Å². The largest absolute Gasteiger partial charge is 0.337 e. The van der Waals surface area contributed by atoms with Crippen molar-refractivity contribution in [2.24, 2.45) is 5.92 Å². The average molecular weight is 572 g/mol. The van der Waals surface area contributed by atoms with Crippen molar-refractivity contribution >= 4 is 46.7 Å². The fourth-order valence-corrected chi connectivity index (χ4v) is 7.21. The zero-order valence-electron chi connectivity index (χ0n) is 22.4. The molecule has 3 fully saturated rings. The van der Waals surface area contributed by atoms with Gasteiger partial charge in [0.2, 0.25) is 21.8 Å². The molecule has 0 aromatic carbocycles. The molecule has 0 aromatic rings. The third-order valence-electron chi connectivity index (χ3n) is 7.91. The van der Waals surface area contributed by atoms with Crippen LogP contribution in [0, 0.1) is 5.92 Å². The molecule has 36 heavy (non-hydrogen) atoms. The maximum Gasteiger partial charge on any atom is 0.241 e. The minimum absolute atomic E-state index is 0. The van der Waals surface area contributed by atoms with E-state index in [4.69, 9.17) is 0 Å². The van der Waals surface area contributed by atoms with Gasteiger partial charge < -0.3 is 14.7 Å². The predicted molar refractivity (Wildman–Crippen MR) is 149 cm³/mol. The summed E-state index contributed by atoms with van der Waals surface area (Å²) in [5.74, 6) is -0.615. The van der Waals surface area contributed by atoms with Gasteiger partial charge in [-0.25, -0.2) is 12.7 Å². The van der Waals surface area contributed by atoms with Crippen LogP contribution >= 0.6 is 24.8 Å². The summed E-state index contributed by atoms with van der Waals surface area (Å²) in [6, 6.07) is -0.663. The van der Waals surface area contributed by atoms with E-state index < -0.39 is 10.0 Å². The van der Waals surface area contributed by atoms with Crippen molar-refractivity contribution in [1.29, 1.82) is 0 Å². The third-order valence-corrected chi connectivity index (χ3v) is 9.07. The maximum absolute atomic E-state index is 13.0. The molecule has 3 rings (SSSR count). The van der Waals surface area contributed by atoms with Gasteiger partial charge in [0.1, 0.15) is 0 Å². The zero-order chi connectivity index (χ0) is 24.7. The molecule has 212 valence electrons. The Bertz CT molecular complexity index is 793. The first-order chi connectivity index (χ1) is 16.2. The molecule has 0 N–H and O–H groups in total. The number of unbranched alkanes of at least 4 members (excludes halogenated alkanes) is 6. The Morgan fingerprint density at radius 1 is 0.917 bits per heavy atom. The van der Waals surface area contributed by atoms with Gasteiger partial charge in [-0.2, -0.15) is 0 Å². The van der Waals surface area contributed by atoms with Crippen molar-refractivity contribution in [1.82, 2.24) is 19.0 Å². The van der Waals surface area contributed by atoms with Crippen molar-refractivity contribution in [3.05, 3.63) is 0 Å². The second-order valence-electron chi connectivity index (χ2n) is 10.6. The highest BCUT2D eigenvalue weighted by atomic mass is 35.5. The first-order valence-electron chi connectivity index (χ1n) is 13.5. The maximum atomic E-state index is 13.0. The van der Waals surface area contributed by atoms with Crippen molar-refractivity contribution < 1.29 is 18.0 Å². The van der Waals surface area contributed by atoms with E-state index >= 15 is 0 Å². The molecule has 11 heteroatoms. The number of fused-ring (bicyclic) bond motifs is 1. The Balaban J connectivity index is 0.00000324. The zero-order valence-corrected chi connectivity index (χ0v) is 24.8. The summed E-state index contributed by atoms with van der Waals surface area (Å²) in [6.07, 6.45) is 11.7. The Labute approximate surface area is 231 Å². The third kappa shape index (κ3) is 8.72. The number of hydrogen-bond acceptors (Lipinski definition) is 6. The molecule has 0 unspecified atom stereocenters. The van der Waals surface area contributed by atoms with Crippen LogP contribution in [0.3, 0.4) is 0 Å². The molecule has 0 saturated carbocycles. The number of rotatable bonds is 13. The smallest absolute Gasteiger partial charge is 0.241 e. The van der Waals surface area contributed by atoms with Crippen LogP contribution < -0.4 is 0 Å². The molecule has 0 spiro atoms. The lowest BCUT2D eigenvalue weighted by Gasteiger charge is -2.32. The fraction of sp³-hybridized carbons (Fsp3) is 0.920. The van der Waals surface area contributed by atoms with Gasteiger partial charge in [-0.1, -0.05) is 45.4 Å². The number of carbonyl (C=O) groups is 2. The number of piperazine rings is 1. The first kappa shape index (κ1) is 33.4. The minimum Gasteiger partial charge on any atom is -0.337 e. The molecule has 3 saturated heterocycles. The van der Waals surface area contributed by atoms with Gasteiger partial charge in [0.05, 0.1) is 24.3 Å². The van der Waals surface area contributed by atoms with E-state index in [1.165, 1.54) is 58.4 Å². The van der Waals surface area contributed by atoms with E-state index in [2.05, 4.69) is 16.8 Å². The van der Waals surface area contributed by atoms with Gasteiger partial charge in [-0.15, -0.1) is 24.8 Å². The van der Waals surface area contributed by atoms with Crippen molar-refractivity contribution in [2.45, 2.75) is 89.6 Å². The van der Waals surface area contributed by atoms with Crippen LogP contribution in [0.5, 0.6) is 0 Å². The van der Waals surface area contributed by atoms with Gasteiger partial charge in [0.15, 0.2) is 0 Å². The molecule has 0 aliphatic carbocycles. The van der Waals surface area contributed by atoms with E-state index in [-0.39, 0.29) is 54.6 Å². The van der Waals surface area contributed by atoms with Crippen molar-refractivity contribution in [3.8, 4) is 0 Å². The topological polar surface area (TPSA) is 81.2 Å². The molecule has 3 aliphatic rings. The van der Waals surface area contributed by atoms with Crippen LogP contribution in [0.4, 0.5) is 0 Å². The van der Waals surface area contributed by atoms with Crippen molar-refractivity contribution in [3.63, 3.8) is 0 Å². The summed E-state index contributed by atoms with van der Waals surface area (Å²) in [7, 11) is -1.42. The fourth-order valence-electron chi connectivity index (χ4n) is 6.03. The highest BCUT2D eigenvalue weighted by Crippen LogP contribution is 2.40. The van der Waals surface area contributed by atoms with E-state index in [1.54, 1.807) is 0 Å². The van der Waals surface area contributed by atoms with Crippen molar-refractivity contribution in [2.75, 3.05) is 52.6 Å². The second kappa shape index (κ2) is 15.7. The first-order valence-corrected chi connectivity index (χ1v) is 15.3. The number of halogens is 2. The van der Waals surface area contributed by atoms with E-state index in [1.807, 2.05) is 11.8 Å². The molecule has 3 heterocycles. The lowest BCUT2D eigenvalue weighted by molar-refractivity contribution is -0.134. The van der Waals surface area contributed by atoms with Crippen LogP contribution in [0.25, 0.3) is 0 Å². The van der Waals surface area contributed by atoms with Crippen LogP contribution in [0.2, 0.25) is 0 Å². The molecule has 2 amide bonds. The molecule has 8 nitrogen and oxygen atoms in total. The lowest BCUT2D eigenvalue weighted by atomic mass is 9.94. The molecule has 0 aromatic heterocycles. The second-order valence-corrected chi connectivity index (χ2v) is 12.5. The number of carbonyl (C=O) groups excluding carboxylic acids is 2. The van der Waals surface area contributed by atoms with Crippen LogP contribution in [-0.4, -0.2) is 104 Å². The summed E-state index contributed by atoms with van der Waals surface area (Å²) in [5.41, 5.74) is 0. The highest BCUT2D eigenvalue weighted by molar-refractivity contribution is 7.88. The normalized spacial score (nSPS) is 25.0. The van der Waals surface area contributed by atoms with Gasteiger partial charge in [0, 0.05) is 39.1 Å². The van der Waals surface area contributed by atoms with E-state index in [0.717, 1.165) is 36.2 Å². The molecule has 0 bridgehead atoms. The Morgan fingerprint density at radius 2 is 1.50 bits per heavy atom. The Hall–Kier alpha value is -0.610. The monoisotopic (exact) mass is 570 g/mol. The van der Waals surface area contributed by atoms with E-state index in [9.17, 15) is 18.0 Å². The summed E-state index contributed by atoms with van der Waals surface area (Å²) >= 11 is 0. The van der Waals surface area contributed by atoms with Crippen LogP contribution in [0.1, 0.15) is 77.6 Å². The lowest BCUT2D eigenvalue weighted by Crippen LogP contribution is -2.44. The standard InChI is InChI=1S/C25H46N4O4S.2ClH/c1-4-12-21-24-22(29(25(21)31)34(3,32)33)14-16-28(24)23(30)13-10-8-6-5-7-9-11-15-27-19-17-26(2)18-20-27;;/h21-22,24H,4-20H2,1-3H3;2*1H/t21-,22+,24-;;/m1../s1. The molecule has 3 aliphatic heterocycles. The summed E-state index contributed by atoms with van der Waals surface area (Å²) in [6.45, 7) is 8.54. The number of amides is 2. The summed E-state index contributed by atoms with van der Waals surface area (Å²) in [4.78, 5) is 32.6. The van der Waals surface area contributed by atoms with Gasteiger partial charge in [-0.3, -0.25) is 9.59 Å². The molecule has 0 radical (unpaired) electrons. The Morgan fingerprint density at radius 3 is 2.08 bits per heavy atom. The van der Waals surface area contributed by atoms with Gasteiger partial charge >= 0.3 is 0 Å². The number of sulfonamides is 1.